The fourth-order valence-electron chi connectivity index (χ4n) is 2.86. The van der Waals surface area contributed by atoms with E-state index in [1.807, 2.05) is 6.07 Å². The lowest BCUT2D eigenvalue weighted by Gasteiger charge is -2.21. The molecule has 0 amide bonds. The van der Waals surface area contributed by atoms with Gasteiger partial charge in [-0.3, -0.25) is 0 Å². The minimum atomic E-state index is 0.328. The van der Waals surface area contributed by atoms with E-state index in [1.54, 1.807) is 0 Å². The van der Waals surface area contributed by atoms with Crippen LogP contribution >= 0.6 is 0 Å². The topological polar surface area (TPSA) is 44.5 Å². The molecule has 0 spiro atoms. The number of nitrogens with two attached hydrogens (primary N) is 1. The molecule has 1 aliphatic heterocycles. The number of rotatable bonds is 4. The van der Waals surface area contributed by atoms with Crippen LogP contribution in [0.3, 0.4) is 0 Å². The van der Waals surface area contributed by atoms with Gasteiger partial charge in [0.2, 0.25) is 0 Å². The molecule has 0 aliphatic carbocycles. The van der Waals surface area contributed by atoms with Gasteiger partial charge >= 0.3 is 0 Å². The third-order valence-electron chi connectivity index (χ3n) is 4.00. The highest BCUT2D eigenvalue weighted by atomic mass is 16.6. The van der Waals surface area contributed by atoms with Crippen LogP contribution < -0.4 is 15.2 Å². The van der Waals surface area contributed by atoms with Crippen LogP contribution in [0.2, 0.25) is 0 Å². The van der Waals surface area contributed by atoms with Crippen LogP contribution in [-0.2, 0) is 6.42 Å². The van der Waals surface area contributed by atoms with E-state index in [1.165, 1.54) is 16.7 Å². The van der Waals surface area contributed by atoms with E-state index in [9.17, 15) is 0 Å². The van der Waals surface area contributed by atoms with Crippen LogP contribution in [0.25, 0.3) is 0 Å². The van der Waals surface area contributed by atoms with E-state index in [2.05, 4.69) is 43.3 Å². The molecule has 2 N–H and O–H groups in total. The zero-order chi connectivity index (χ0) is 14.7. The summed E-state index contributed by atoms with van der Waals surface area (Å²) in [4.78, 5) is 0. The molecule has 0 aromatic heterocycles. The lowest BCUT2D eigenvalue weighted by atomic mass is 9.89. The molecule has 3 rings (SSSR count). The summed E-state index contributed by atoms with van der Waals surface area (Å²) in [7, 11) is 0. The molecule has 2 aromatic rings. The number of hydrogen-bond acceptors (Lipinski definition) is 3. The molecule has 2 aromatic carbocycles. The summed E-state index contributed by atoms with van der Waals surface area (Å²) in [6.45, 7) is 4.02. The maximum absolute atomic E-state index is 6.00. The van der Waals surface area contributed by atoms with Gasteiger partial charge in [-0.15, -0.1) is 0 Å². The summed E-state index contributed by atoms with van der Waals surface area (Å²) in [5, 5.41) is 0. The smallest absolute Gasteiger partial charge is 0.161 e. The van der Waals surface area contributed by atoms with Gasteiger partial charge in [-0.2, -0.15) is 0 Å². The summed E-state index contributed by atoms with van der Waals surface area (Å²) in [6.07, 6.45) is 0.915. The highest BCUT2D eigenvalue weighted by Gasteiger charge is 2.16. The van der Waals surface area contributed by atoms with E-state index in [-0.39, 0.29) is 0 Å². The molecule has 1 unspecified atom stereocenters. The normalized spacial score (nSPS) is 14.8. The van der Waals surface area contributed by atoms with Crippen LogP contribution in [0.15, 0.2) is 42.5 Å². The third kappa shape index (κ3) is 3.03. The molecular weight excluding hydrogens is 262 g/mol. The zero-order valence-electron chi connectivity index (χ0n) is 12.3. The van der Waals surface area contributed by atoms with Crippen LogP contribution in [0, 0.1) is 6.92 Å². The highest BCUT2D eigenvalue weighted by Crippen LogP contribution is 2.32. The second-order valence-electron chi connectivity index (χ2n) is 5.47. The van der Waals surface area contributed by atoms with Gasteiger partial charge in [-0.05, 0) is 48.7 Å². The van der Waals surface area contributed by atoms with E-state index in [0.717, 1.165) is 17.9 Å². The predicted molar refractivity (Wildman–Crippen MR) is 84.1 cm³/mol. The lowest BCUT2D eigenvalue weighted by molar-refractivity contribution is 0.171. The first-order valence-corrected chi connectivity index (χ1v) is 7.42. The van der Waals surface area contributed by atoms with Crippen LogP contribution in [-0.4, -0.2) is 19.8 Å². The first-order valence-electron chi connectivity index (χ1n) is 7.42. The molecule has 0 radical (unpaired) electrons. The van der Waals surface area contributed by atoms with Crippen LogP contribution in [0.5, 0.6) is 11.5 Å². The Morgan fingerprint density at radius 1 is 1.05 bits per heavy atom. The Hall–Kier alpha value is -2.00. The molecule has 1 heterocycles. The van der Waals surface area contributed by atoms with E-state index < -0.39 is 0 Å². The molecular formula is C18H21NO2. The average Bonchev–Trinajstić information content (AvgIpc) is 2.53. The largest absolute Gasteiger partial charge is 0.486 e. The lowest BCUT2D eigenvalue weighted by Crippen LogP contribution is -2.17. The van der Waals surface area contributed by atoms with Crippen molar-refractivity contribution in [1.82, 2.24) is 0 Å². The van der Waals surface area contributed by atoms with Crippen molar-refractivity contribution in [2.75, 3.05) is 19.8 Å². The van der Waals surface area contributed by atoms with E-state index in [0.29, 0.717) is 25.7 Å². The molecule has 21 heavy (non-hydrogen) atoms. The Bertz CT molecular complexity index is 624. The van der Waals surface area contributed by atoms with Crippen molar-refractivity contribution in [3.63, 3.8) is 0 Å². The first-order chi connectivity index (χ1) is 10.3. The summed E-state index contributed by atoms with van der Waals surface area (Å²) in [6, 6.07) is 14.6. The van der Waals surface area contributed by atoms with Gasteiger partial charge in [-0.25, -0.2) is 0 Å². The van der Waals surface area contributed by atoms with Crippen molar-refractivity contribution in [2.24, 2.45) is 5.73 Å². The second-order valence-corrected chi connectivity index (χ2v) is 5.47. The molecule has 0 bridgehead atoms. The average molecular weight is 283 g/mol. The van der Waals surface area contributed by atoms with Crippen molar-refractivity contribution in [1.29, 1.82) is 0 Å². The summed E-state index contributed by atoms with van der Waals surface area (Å²) in [5.74, 6) is 2.01. The zero-order valence-corrected chi connectivity index (χ0v) is 12.3. The predicted octanol–water partition coefficient (Wildman–Crippen LogP) is 3.05. The van der Waals surface area contributed by atoms with Crippen molar-refractivity contribution < 1.29 is 9.47 Å². The number of hydrogen-bond donors (Lipinski definition) is 1. The number of ether oxygens (including phenoxy) is 2. The Morgan fingerprint density at radius 2 is 1.81 bits per heavy atom. The van der Waals surface area contributed by atoms with Crippen molar-refractivity contribution in [2.45, 2.75) is 19.3 Å². The van der Waals surface area contributed by atoms with Crippen LogP contribution in [0.4, 0.5) is 0 Å². The number of aryl methyl sites for hydroxylation is 1. The van der Waals surface area contributed by atoms with Crippen molar-refractivity contribution in [3.05, 3.63) is 59.2 Å². The minimum Gasteiger partial charge on any atom is -0.486 e. The fourth-order valence-corrected chi connectivity index (χ4v) is 2.86. The molecule has 0 saturated heterocycles. The van der Waals surface area contributed by atoms with Gasteiger partial charge in [0, 0.05) is 5.92 Å². The van der Waals surface area contributed by atoms with E-state index in [4.69, 9.17) is 15.2 Å². The molecule has 110 valence electrons. The molecule has 3 heteroatoms. The summed E-state index contributed by atoms with van der Waals surface area (Å²) in [5.41, 5.74) is 9.86. The van der Waals surface area contributed by atoms with Gasteiger partial charge in [0.15, 0.2) is 11.5 Å². The second kappa shape index (κ2) is 6.19. The maximum Gasteiger partial charge on any atom is 0.161 e. The Morgan fingerprint density at radius 3 is 2.57 bits per heavy atom. The molecule has 0 fully saturated rings. The quantitative estimate of drug-likeness (QED) is 0.938. The fraction of sp³-hybridized carbons (Fsp3) is 0.333. The maximum atomic E-state index is 6.00. The van der Waals surface area contributed by atoms with Crippen LogP contribution in [0.1, 0.15) is 22.6 Å². The Kier molecular flexibility index (Phi) is 4.11. The van der Waals surface area contributed by atoms with Gasteiger partial charge < -0.3 is 15.2 Å². The third-order valence-corrected chi connectivity index (χ3v) is 4.00. The van der Waals surface area contributed by atoms with Crippen molar-refractivity contribution in [3.8, 4) is 11.5 Å². The summed E-state index contributed by atoms with van der Waals surface area (Å²) < 4.78 is 11.2. The standard InChI is InChI=1S/C18H21NO2/c1-13-4-2-3-5-16(13)15(12-19)10-14-6-7-17-18(11-14)21-9-8-20-17/h2-7,11,15H,8-10,12,19H2,1H3. The molecule has 1 aliphatic rings. The SMILES string of the molecule is Cc1ccccc1C(CN)Cc1ccc2c(c1)OCCO2. The first kappa shape index (κ1) is 14.0. The van der Waals surface area contributed by atoms with Gasteiger partial charge in [0.05, 0.1) is 0 Å². The summed E-state index contributed by atoms with van der Waals surface area (Å²) >= 11 is 0. The van der Waals surface area contributed by atoms with Gasteiger partial charge in [0.1, 0.15) is 13.2 Å². The Balaban J connectivity index is 1.83. The number of fused-ring (bicyclic) bond motifs is 1. The number of benzene rings is 2. The monoisotopic (exact) mass is 283 g/mol. The van der Waals surface area contributed by atoms with Crippen molar-refractivity contribution >= 4 is 0 Å². The Labute approximate surface area is 125 Å². The molecule has 3 nitrogen and oxygen atoms in total. The minimum absolute atomic E-state index is 0.328. The highest BCUT2D eigenvalue weighted by molar-refractivity contribution is 5.44. The van der Waals surface area contributed by atoms with Gasteiger partial charge in [-0.1, -0.05) is 30.3 Å². The van der Waals surface area contributed by atoms with Gasteiger partial charge in [0.25, 0.3) is 0 Å². The molecule has 0 saturated carbocycles. The molecule has 1 atom stereocenters. The van der Waals surface area contributed by atoms with E-state index >= 15 is 0 Å².